The molecule has 0 aromatic heterocycles. The maximum atomic E-state index is 8.72. The van der Waals surface area contributed by atoms with Crippen molar-refractivity contribution in [1.82, 2.24) is 0 Å². The predicted molar refractivity (Wildman–Crippen MR) is 48.1 cm³/mol. The Morgan fingerprint density at radius 3 is 2.25 bits per heavy atom. The number of aliphatic hydroxyl groups is 2. The summed E-state index contributed by atoms with van der Waals surface area (Å²) in [6.07, 6.45) is 0.586. The number of hydrogen-bond donors (Lipinski definition) is 2. The van der Waals surface area contributed by atoms with Gasteiger partial charge in [0.1, 0.15) is 0 Å². The molecule has 0 saturated carbocycles. The highest BCUT2D eigenvalue weighted by atomic mass is 16.5. The van der Waals surface area contributed by atoms with Gasteiger partial charge in [-0.25, -0.2) is 0 Å². The Balaban J connectivity index is 2.72. The Morgan fingerprint density at radius 1 is 1.17 bits per heavy atom. The molecule has 2 nitrogen and oxygen atoms in total. The fourth-order valence-electron chi connectivity index (χ4n) is 0.981. The van der Waals surface area contributed by atoms with Crippen molar-refractivity contribution in [3.05, 3.63) is 47.4 Å². The van der Waals surface area contributed by atoms with Gasteiger partial charge in [0, 0.05) is 12.0 Å². The maximum absolute atomic E-state index is 8.72. The minimum atomic E-state index is -0.571. The molecule has 1 rings (SSSR count). The first-order valence-corrected chi connectivity index (χ1v) is 3.82. The van der Waals surface area contributed by atoms with Gasteiger partial charge >= 0.3 is 0 Å². The molecule has 0 spiro atoms. The van der Waals surface area contributed by atoms with E-state index in [-0.39, 0.29) is 0 Å². The highest BCUT2D eigenvalue weighted by Crippen LogP contribution is 2.08. The molecule has 0 bridgehead atoms. The van der Waals surface area contributed by atoms with Crippen LogP contribution in [0.2, 0.25) is 0 Å². The number of hydrogen-bond acceptors (Lipinski definition) is 2. The van der Waals surface area contributed by atoms with Crippen LogP contribution < -0.4 is 0 Å². The molecule has 64 valence electrons. The second-order valence-corrected chi connectivity index (χ2v) is 2.77. The monoisotopic (exact) mass is 164 g/mol. The molecular weight excluding hydrogens is 152 g/mol. The topological polar surface area (TPSA) is 40.5 Å². The Hall–Kier alpha value is -1.44. The van der Waals surface area contributed by atoms with E-state index in [1.807, 2.05) is 30.3 Å². The number of allylic oxidation sites excluding steroid dienone is 1. The Morgan fingerprint density at radius 2 is 1.75 bits per heavy atom. The van der Waals surface area contributed by atoms with Crippen molar-refractivity contribution in [1.29, 1.82) is 0 Å². The van der Waals surface area contributed by atoms with Gasteiger partial charge in [-0.05, 0) is 12.5 Å². The SMILES string of the molecule is CC(Cc1ccccc1)=C(O)O. The van der Waals surface area contributed by atoms with Crippen LogP contribution in [0.15, 0.2) is 41.9 Å². The lowest BCUT2D eigenvalue weighted by Gasteiger charge is -2.00. The van der Waals surface area contributed by atoms with Crippen LogP contribution in [0.1, 0.15) is 12.5 Å². The molecule has 2 N–H and O–H groups in total. The molecule has 0 radical (unpaired) electrons. The highest BCUT2D eigenvalue weighted by Gasteiger charge is 1.98. The molecule has 0 atom stereocenters. The van der Waals surface area contributed by atoms with E-state index in [0.717, 1.165) is 5.56 Å². The van der Waals surface area contributed by atoms with Crippen molar-refractivity contribution in [2.24, 2.45) is 0 Å². The Labute approximate surface area is 71.8 Å². The number of rotatable bonds is 2. The van der Waals surface area contributed by atoms with Crippen LogP contribution >= 0.6 is 0 Å². The second kappa shape index (κ2) is 3.81. The molecule has 1 aromatic carbocycles. The van der Waals surface area contributed by atoms with Gasteiger partial charge < -0.3 is 10.2 Å². The zero-order valence-corrected chi connectivity index (χ0v) is 6.99. The molecule has 1 aromatic rings. The van der Waals surface area contributed by atoms with E-state index < -0.39 is 5.95 Å². The van der Waals surface area contributed by atoms with E-state index >= 15 is 0 Å². The summed E-state index contributed by atoms with van der Waals surface area (Å²) in [4.78, 5) is 0. The van der Waals surface area contributed by atoms with Crippen molar-refractivity contribution in [3.63, 3.8) is 0 Å². The molecule has 0 unspecified atom stereocenters. The van der Waals surface area contributed by atoms with Gasteiger partial charge in [0.15, 0.2) is 0 Å². The van der Waals surface area contributed by atoms with Crippen molar-refractivity contribution < 1.29 is 10.2 Å². The van der Waals surface area contributed by atoms with Gasteiger partial charge in [-0.15, -0.1) is 0 Å². The van der Waals surface area contributed by atoms with E-state index in [9.17, 15) is 0 Å². The maximum Gasteiger partial charge on any atom is 0.273 e. The minimum Gasteiger partial charge on any atom is -0.481 e. The van der Waals surface area contributed by atoms with Gasteiger partial charge in [0.2, 0.25) is 0 Å². The van der Waals surface area contributed by atoms with Crippen LogP contribution in [0, 0.1) is 0 Å². The quantitative estimate of drug-likeness (QED) is 0.659. The number of benzene rings is 1. The second-order valence-electron chi connectivity index (χ2n) is 2.77. The molecule has 12 heavy (non-hydrogen) atoms. The molecule has 0 aliphatic carbocycles. The van der Waals surface area contributed by atoms with Gasteiger partial charge in [-0.1, -0.05) is 30.3 Å². The van der Waals surface area contributed by atoms with E-state index in [2.05, 4.69) is 0 Å². The third-order valence-corrected chi connectivity index (χ3v) is 1.69. The summed E-state index contributed by atoms with van der Waals surface area (Å²) >= 11 is 0. The van der Waals surface area contributed by atoms with Gasteiger partial charge in [-0.2, -0.15) is 0 Å². The van der Waals surface area contributed by atoms with Crippen LogP contribution in [-0.4, -0.2) is 10.2 Å². The van der Waals surface area contributed by atoms with E-state index in [1.165, 1.54) is 0 Å². The standard InChI is InChI=1S/C10H12O2/c1-8(10(11)12)7-9-5-3-2-4-6-9/h2-6,11-12H,7H2,1H3. The molecule has 0 aliphatic rings. The molecular formula is C10H12O2. The average Bonchev–Trinajstić information content (AvgIpc) is 2.06. The van der Waals surface area contributed by atoms with Gasteiger partial charge in [0.05, 0.1) is 0 Å². The summed E-state index contributed by atoms with van der Waals surface area (Å²) in [6, 6.07) is 9.69. The zero-order chi connectivity index (χ0) is 8.97. The Bertz CT molecular complexity index is 271. The summed E-state index contributed by atoms with van der Waals surface area (Å²) in [7, 11) is 0. The fraction of sp³-hybridized carbons (Fsp3) is 0.200. The first-order valence-electron chi connectivity index (χ1n) is 3.82. The van der Waals surface area contributed by atoms with E-state index in [4.69, 9.17) is 10.2 Å². The van der Waals surface area contributed by atoms with Gasteiger partial charge in [0.25, 0.3) is 5.95 Å². The van der Waals surface area contributed by atoms with E-state index in [1.54, 1.807) is 6.92 Å². The van der Waals surface area contributed by atoms with Crippen molar-refractivity contribution in [2.45, 2.75) is 13.3 Å². The molecule has 2 heteroatoms. The van der Waals surface area contributed by atoms with Crippen LogP contribution in [0.25, 0.3) is 0 Å². The van der Waals surface area contributed by atoms with Crippen LogP contribution in [0.4, 0.5) is 0 Å². The highest BCUT2D eigenvalue weighted by molar-refractivity contribution is 5.20. The lowest BCUT2D eigenvalue weighted by Crippen LogP contribution is -1.91. The first kappa shape index (κ1) is 8.65. The lowest BCUT2D eigenvalue weighted by atomic mass is 10.1. The minimum absolute atomic E-state index is 0.571. The van der Waals surface area contributed by atoms with Crippen molar-refractivity contribution in [3.8, 4) is 0 Å². The summed E-state index contributed by atoms with van der Waals surface area (Å²) in [5, 5.41) is 17.4. The third kappa shape index (κ3) is 2.31. The Kier molecular flexibility index (Phi) is 2.75. The normalized spacial score (nSPS) is 9.42. The summed E-state index contributed by atoms with van der Waals surface area (Å²) in [6.45, 7) is 1.70. The molecule has 0 fully saturated rings. The zero-order valence-electron chi connectivity index (χ0n) is 6.99. The smallest absolute Gasteiger partial charge is 0.273 e. The molecule has 0 saturated heterocycles. The fourth-order valence-corrected chi connectivity index (χ4v) is 0.981. The molecule has 0 heterocycles. The molecule has 0 amide bonds. The predicted octanol–water partition coefficient (Wildman–Crippen LogP) is 2.58. The van der Waals surface area contributed by atoms with Crippen molar-refractivity contribution in [2.75, 3.05) is 0 Å². The van der Waals surface area contributed by atoms with Gasteiger partial charge in [-0.3, -0.25) is 0 Å². The molecule has 0 aliphatic heterocycles. The first-order chi connectivity index (χ1) is 5.70. The summed E-state index contributed by atoms with van der Waals surface area (Å²) in [5.41, 5.74) is 1.66. The average molecular weight is 164 g/mol. The summed E-state index contributed by atoms with van der Waals surface area (Å²) < 4.78 is 0. The third-order valence-electron chi connectivity index (χ3n) is 1.69. The van der Waals surface area contributed by atoms with E-state index in [0.29, 0.717) is 12.0 Å². The van der Waals surface area contributed by atoms with Crippen molar-refractivity contribution >= 4 is 0 Å². The van der Waals surface area contributed by atoms with Crippen LogP contribution in [-0.2, 0) is 6.42 Å². The lowest BCUT2D eigenvalue weighted by molar-refractivity contribution is 0.184. The summed E-state index contributed by atoms with van der Waals surface area (Å²) in [5.74, 6) is -0.571. The van der Waals surface area contributed by atoms with Crippen LogP contribution in [0.5, 0.6) is 0 Å². The largest absolute Gasteiger partial charge is 0.481 e. The van der Waals surface area contributed by atoms with Crippen LogP contribution in [0.3, 0.4) is 0 Å². The number of aliphatic hydroxyl groups excluding tert-OH is 1.